The Morgan fingerprint density at radius 1 is 1.21 bits per heavy atom. The van der Waals surface area contributed by atoms with Crippen molar-refractivity contribution in [3.63, 3.8) is 0 Å². The predicted octanol–water partition coefficient (Wildman–Crippen LogP) is 2.46. The summed E-state index contributed by atoms with van der Waals surface area (Å²) in [5.41, 5.74) is 0.604. The maximum absolute atomic E-state index is 13.5. The Morgan fingerprint density at radius 3 is 2.71 bits per heavy atom. The van der Waals surface area contributed by atoms with Crippen molar-refractivity contribution in [2.24, 2.45) is 5.92 Å². The number of fused-ring (bicyclic) bond motifs is 1. The van der Waals surface area contributed by atoms with Crippen molar-refractivity contribution in [2.75, 3.05) is 51.4 Å². The van der Waals surface area contributed by atoms with Crippen LogP contribution < -0.4 is 9.64 Å². The fourth-order valence-electron chi connectivity index (χ4n) is 3.89. The fourth-order valence-corrected chi connectivity index (χ4v) is 3.89. The molecule has 1 aliphatic carbocycles. The molecular formula is C21H29FN2O4. The molecule has 2 heterocycles. The topological polar surface area (TPSA) is 51.2 Å². The number of piperidine rings is 1. The van der Waals surface area contributed by atoms with E-state index >= 15 is 0 Å². The molecule has 2 fully saturated rings. The second-order valence-corrected chi connectivity index (χ2v) is 8.04. The number of likely N-dealkylation sites (tertiary alicyclic amines) is 1. The van der Waals surface area contributed by atoms with Gasteiger partial charge in [0.1, 0.15) is 11.6 Å². The van der Waals surface area contributed by atoms with Crippen LogP contribution >= 0.6 is 0 Å². The maximum Gasteiger partial charge on any atom is 0.265 e. The molecule has 1 aromatic carbocycles. The Morgan fingerprint density at radius 2 is 2.00 bits per heavy atom. The fraction of sp³-hybridized carbons (Fsp3) is 0.667. The predicted molar refractivity (Wildman–Crippen MR) is 103 cm³/mol. The minimum Gasteiger partial charge on any atom is -0.481 e. The van der Waals surface area contributed by atoms with Crippen LogP contribution in [-0.4, -0.2) is 69.5 Å². The molecule has 1 unspecified atom stereocenters. The van der Waals surface area contributed by atoms with Crippen molar-refractivity contribution in [3.05, 3.63) is 24.0 Å². The summed E-state index contributed by atoms with van der Waals surface area (Å²) in [7, 11) is 1.67. The number of anilines is 1. The molecule has 154 valence electrons. The Hall–Kier alpha value is -1.70. The van der Waals surface area contributed by atoms with Crippen LogP contribution in [0.4, 0.5) is 10.1 Å². The summed E-state index contributed by atoms with van der Waals surface area (Å²) in [6, 6.07) is 4.27. The maximum atomic E-state index is 13.5. The molecule has 6 nitrogen and oxygen atoms in total. The lowest BCUT2D eigenvalue weighted by Gasteiger charge is -2.36. The van der Waals surface area contributed by atoms with Gasteiger partial charge in [-0.2, -0.15) is 0 Å². The molecule has 3 aliphatic rings. The minimum absolute atomic E-state index is 0.0728. The first kappa shape index (κ1) is 19.6. The van der Waals surface area contributed by atoms with Crippen molar-refractivity contribution in [1.82, 2.24) is 4.90 Å². The normalized spacial score (nSPS) is 22.1. The highest BCUT2D eigenvalue weighted by atomic mass is 19.1. The number of benzene rings is 1. The van der Waals surface area contributed by atoms with Crippen LogP contribution in [0.1, 0.15) is 25.7 Å². The van der Waals surface area contributed by atoms with Gasteiger partial charge in [-0.05, 0) is 43.7 Å². The number of hydrogen-bond donors (Lipinski definition) is 0. The number of methoxy groups -OCH3 is 1. The number of amides is 1. The van der Waals surface area contributed by atoms with E-state index < -0.39 is 0 Å². The third-order valence-corrected chi connectivity index (χ3v) is 5.85. The van der Waals surface area contributed by atoms with Crippen LogP contribution in [-0.2, 0) is 14.3 Å². The van der Waals surface area contributed by atoms with Gasteiger partial charge < -0.3 is 24.0 Å². The summed E-state index contributed by atoms with van der Waals surface area (Å²) < 4.78 is 30.5. The largest absolute Gasteiger partial charge is 0.481 e. The second-order valence-electron chi connectivity index (χ2n) is 8.04. The number of carbonyl (C=O) groups is 1. The third-order valence-electron chi connectivity index (χ3n) is 5.85. The zero-order chi connectivity index (χ0) is 19.5. The number of nitrogens with zero attached hydrogens (tertiary/aromatic N) is 2. The van der Waals surface area contributed by atoms with Gasteiger partial charge in [0, 0.05) is 39.4 Å². The number of carbonyl (C=O) groups excluding carboxylic acids is 1. The molecule has 28 heavy (non-hydrogen) atoms. The second kappa shape index (κ2) is 8.76. The number of hydrogen-bond acceptors (Lipinski definition) is 5. The van der Waals surface area contributed by atoms with E-state index in [2.05, 4.69) is 4.90 Å². The summed E-state index contributed by atoms with van der Waals surface area (Å²) in [6.45, 7) is 3.99. The molecule has 7 heteroatoms. The van der Waals surface area contributed by atoms with Crippen LogP contribution in [0.25, 0.3) is 0 Å². The van der Waals surface area contributed by atoms with Crippen molar-refractivity contribution in [3.8, 4) is 5.75 Å². The molecule has 1 atom stereocenters. The average molecular weight is 392 g/mol. The Balaban J connectivity index is 1.30. The van der Waals surface area contributed by atoms with Crippen molar-refractivity contribution in [1.29, 1.82) is 0 Å². The molecule has 1 saturated carbocycles. The van der Waals surface area contributed by atoms with Gasteiger partial charge in [-0.25, -0.2) is 4.39 Å². The van der Waals surface area contributed by atoms with Gasteiger partial charge in [0.25, 0.3) is 5.91 Å². The minimum atomic E-state index is -0.372. The standard InChI is InChI=1S/C21H29FN2O4/c1-26-18(11-23-8-6-17(7-9-23)27-13-15-2-3-15)12-24-19-5-4-16(22)10-20(19)28-14-21(24)25/h4-5,10,15,17-18H,2-3,6-9,11-14H2,1H3. The van der Waals surface area contributed by atoms with Crippen molar-refractivity contribution >= 4 is 11.6 Å². The molecule has 1 saturated heterocycles. The first-order valence-corrected chi connectivity index (χ1v) is 10.2. The Kier molecular flexibility index (Phi) is 6.13. The van der Waals surface area contributed by atoms with E-state index in [4.69, 9.17) is 14.2 Å². The molecule has 0 aromatic heterocycles. The Labute approximate surface area is 165 Å². The van der Waals surface area contributed by atoms with Crippen molar-refractivity contribution < 1.29 is 23.4 Å². The molecule has 0 N–H and O–H groups in total. The van der Waals surface area contributed by atoms with E-state index in [9.17, 15) is 9.18 Å². The monoisotopic (exact) mass is 392 g/mol. The van der Waals surface area contributed by atoms with Crippen LogP contribution in [0.2, 0.25) is 0 Å². The highest BCUT2D eigenvalue weighted by Crippen LogP contribution is 2.33. The number of ether oxygens (including phenoxy) is 3. The summed E-state index contributed by atoms with van der Waals surface area (Å²) in [4.78, 5) is 16.4. The third kappa shape index (κ3) is 4.82. The van der Waals surface area contributed by atoms with E-state index in [1.54, 1.807) is 18.1 Å². The summed E-state index contributed by atoms with van der Waals surface area (Å²) in [5, 5.41) is 0. The first-order valence-electron chi connectivity index (χ1n) is 10.2. The zero-order valence-corrected chi connectivity index (χ0v) is 16.4. The first-order chi connectivity index (χ1) is 13.6. The summed E-state index contributed by atoms with van der Waals surface area (Å²) >= 11 is 0. The molecule has 4 rings (SSSR count). The van der Waals surface area contributed by atoms with Crippen LogP contribution in [0, 0.1) is 11.7 Å². The van der Waals surface area contributed by atoms with E-state index in [1.165, 1.54) is 25.0 Å². The average Bonchev–Trinajstić information content (AvgIpc) is 3.53. The molecule has 0 radical (unpaired) electrons. The van der Waals surface area contributed by atoms with Gasteiger partial charge in [0.15, 0.2) is 6.61 Å². The highest BCUT2D eigenvalue weighted by Gasteiger charge is 2.30. The lowest BCUT2D eigenvalue weighted by molar-refractivity contribution is -0.121. The van der Waals surface area contributed by atoms with Crippen LogP contribution in [0.3, 0.4) is 0 Å². The summed E-state index contributed by atoms with van der Waals surface area (Å²) in [5.74, 6) is 0.706. The molecule has 0 bridgehead atoms. The van der Waals surface area contributed by atoms with Gasteiger partial charge in [-0.15, -0.1) is 0 Å². The molecule has 1 amide bonds. The molecule has 2 aliphatic heterocycles. The smallest absolute Gasteiger partial charge is 0.265 e. The van der Waals surface area contributed by atoms with E-state index in [1.807, 2.05) is 0 Å². The lowest BCUT2D eigenvalue weighted by Crippen LogP contribution is -2.48. The van der Waals surface area contributed by atoms with Gasteiger partial charge in [-0.1, -0.05) is 0 Å². The van der Waals surface area contributed by atoms with E-state index in [0.717, 1.165) is 45.0 Å². The highest BCUT2D eigenvalue weighted by molar-refractivity contribution is 5.97. The Bertz CT molecular complexity index is 689. The van der Waals surface area contributed by atoms with Gasteiger partial charge in [0.05, 0.1) is 24.4 Å². The van der Waals surface area contributed by atoms with Gasteiger partial charge >= 0.3 is 0 Å². The quantitative estimate of drug-likeness (QED) is 0.680. The molecule has 1 aromatic rings. The van der Waals surface area contributed by atoms with Crippen LogP contribution in [0.5, 0.6) is 5.75 Å². The molecular weight excluding hydrogens is 363 g/mol. The van der Waals surface area contributed by atoms with Gasteiger partial charge in [0.2, 0.25) is 0 Å². The van der Waals surface area contributed by atoms with Crippen molar-refractivity contribution in [2.45, 2.75) is 37.9 Å². The molecule has 0 spiro atoms. The van der Waals surface area contributed by atoms with Crippen LogP contribution in [0.15, 0.2) is 18.2 Å². The SMILES string of the molecule is COC(CN1CCC(OCC2CC2)CC1)CN1C(=O)COc2cc(F)ccc21. The number of rotatable bonds is 8. The van der Waals surface area contributed by atoms with E-state index in [-0.39, 0.29) is 24.4 Å². The zero-order valence-electron chi connectivity index (χ0n) is 16.4. The summed E-state index contributed by atoms with van der Waals surface area (Å²) in [6.07, 6.45) is 4.99. The number of halogens is 1. The van der Waals surface area contributed by atoms with E-state index in [0.29, 0.717) is 24.1 Å². The lowest BCUT2D eigenvalue weighted by atomic mass is 10.1. The van der Waals surface area contributed by atoms with Gasteiger partial charge in [-0.3, -0.25) is 4.79 Å².